The molecule has 2 atom stereocenters. The molecule has 9 heteroatoms. The summed E-state index contributed by atoms with van der Waals surface area (Å²) in [4.78, 5) is 22.9. The van der Waals surface area contributed by atoms with Gasteiger partial charge in [-0.3, -0.25) is 19.3 Å². The highest BCUT2D eigenvalue weighted by Gasteiger charge is 2.37. The fourth-order valence-electron chi connectivity index (χ4n) is 4.78. The van der Waals surface area contributed by atoms with E-state index in [0.29, 0.717) is 12.2 Å². The van der Waals surface area contributed by atoms with Gasteiger partial charge in [-0.15, -0.1) is 21.5 Å². The van der Waals surface area contributed by atoms with E-state index in [1.807, 2.05) is 54.9 Å². The molecular weight excluding hydrogens is 484 g/mol. The SMILES string of the molecule is CC[C@H](C(=O)O)C1N=C(c2ccc(NCCc3ccccn3)cc2)c2c(sc(C)c2C)-n2c(C)nnc21. The average Bonchev–Trinajstić information content (AvgIpc) is 3.36. The summed E-state index contributed by atoms with van der Waals surface area (Å²) in [5.41, 5.74) is 5.96. The number of hydrogen-bond donors (Lipinski definition) is 2. The van der Waals surface area contributed by atoms with Gasteiger partial charge in [0, 0.05) is 46.5 Å². The highest BCUT2D eigenvalue weighted by molar-refractivity contribution is 7.15. The maximum Gasteiger partial charge on any atom is 0.309 e. The molecule has 1 unspecified atom stereocenters. The molecule has 8 nitrogen and oxygen atoms in total. The van der Waals surface area contributed by atoms with Crippen molar-refractivity contribution in [3.8, 4) is 5.00 Å². The first kappa shape index (κ1) is 24.8. The van der Waals surface area contributed by atoms with Crippen molar-refractivity contribution in [1.29, 1.82) is 0 Å². The Morgan fingerprint density at radius 1 is 1.14 bits per heavy atom. The number of carbonyl (C=O) groups is 1. The van der Waals surface area contributed by atoms with Crippen LogP contribution in [0.3, 0.4) is 0 Å². The van der Waals surface area contributed by atoms with Crippen LogP contribution in [0.25, 0.3) is 5.00 Å². The standard InChI is InChI=1S/C28H30N6O2S/c1-5-22(28(35)36)25-26-33-32-18(4)34(26)27-23(16(2)17(3)37-27)24(31-25)19-9-11-21(12-10-19)30-15-13-20-8-6-7-14-29-20/h6-12,14,22,25,30H,5,13,15H2,1-4H3,(H,35,36)/t22-,25?/m0/s1. The maximum absolute atomic E-state index is 12.2. The van der Waals surface area contributed by atoms with Crippen LogP contribution in [-0.4, -0.2) is 43.1 Å². The third-order valence-corrected chi connectivity index (χ3v) is 8.11. The summed E-state index contributed by atoms with van der Waals surface area (Å²) in [6.45, 7) is 8.76. The van der Waals surface area contributed by atoms with E-state index in [1.54, 1.807) is 11.3 Å². The minimum atomic E-state index is -0.881. The number of thiophene rings is 1. The van der Waals surface area contributed by atoms with Gasteiger partial charge in [0.25, 0.3) is 0 Å². The number of hydrogen-bond acceptors (Lipinski definition) is 7. The molecule has 1 aliphatic heterocycles. The molecule has 1 aromatic carbocycles. The number of carboxylic acids is 1. The topological polar surface area (TPSA) is 105 Å². The Morgan fingerprint density at radius 3 is 2.59 bits per heavy atom. The van der Waals surface area contributed by atoms with Gasteiger partial charge >= 0.3 is 5.97 Å². The molecule has 2 N–H and O–H groups in total. The van der Waals surface area contributed by atoms with Gasteiger partial charge in [-0.2, -0.15) is 0 Å². The molecule has 0 radical (unpaired) electrons. The van der Waals surface area contributed by atoms with Gasteiger partial charge in [-0.1, -0.05) is 25.1 Å². The van der Waals surface area contributed by atoms with Gasteiger partial charge in [-0.05, 0) is 57.0 Å². The number of rotatable bonds is 8. The number of benzene rings is 1. The van der Waals surface area contributed by atoms with E-state index in [4.69, 9.17) is 4.99 Å². The number of pyridine rings is 1. The Bertz CT molecular complexity index is 1460. The fraction of sp³-hybridized carbons (Fsp3) is 0.321. The normalized spacial score (nSPS) is 15.4. The van der Waals surface area contributed by atoms with Crippen LogP contribution < -0.4 is 5.32 Å². The van der Waals surface area contributed by atoms with Gasteiger partial charge in [0.1, 0.15) is 16.9 Å². The number of aliphatic carboxylic acids is 1. The molecule has 4 aromatic rings. The summed E-state index contributed by atoms with van der Waals surface area (Å²) in [6.07, 6.45) is 3.08. The first-order chi connectivity index (χ1) is 17.9. The molecule has 37 heavy (non-hydrogen) atoms. The van der Waals surface area contributed by atoms with Crippen LogP contribution in [0.15, 0.2) is 53.7 Å². The lowest BCUT2D eigenvalue weighted by atomic mass is 9.95. The highest BCUT2D eigenvalue weighted by atomic mass is 32.1. The molecule has 4 heterocycles. The number of aryl methyl sites for hydroxylation is 2. The first-order valence-electron chi connectivity index (χ1n) is 12.5. The molecule has 1 aliphatic rings. The second kappa shape index (κ2) is 10.3. The maximum atomic E-state index is 12.2. The molecule has 0 saturated heterocycles. The first-order valence-corrected chi connectivity index (χ1v) is 13.3. The summed E-state index contributed by atoms with van der Waals surface area (Å²) in [6, 6.07) is 13.5. The monoisotopic (exact) mass is 514 g/mol. The minimum absolute atomic E-state index is 0.438. The molecular formula is C28H30N6O2S. The van der Waals surface area contributed by atoms with E-state index in [9.17, 15) is 9.90 Å². The lowest BCUT2D eigenvalue weighted by Gasteiger charge is -2.19. The Balaban J connectivity index is 1.53. The number of fused-ring (bicyclic) bond motifs is 3. The average molecular weight is 515 g/mol. The lowest BCUT2D eigenvalue weighted by molar-refractivity contribution is -0.142. The van der Waals surface area contributed by atoms with Crippen LogP contribution in [0.5, 0.6) is 0 Å². The summed E-state index contributed by atoms with van der Waals surface area (Å²) < 4.78 is 2.00. The number of carboxylic acid groups (broad SMARTS) is 1. The van der Waals surface area contributed by atoms with Gasteiger partial charge < -0.3 is 10.4 Å². The summed E-state index contributed by atoms with van der Waals surface area (Å²) in [7, 11) is 0. The number of aliphatic imine (C=N–C) groups is 1. The van der Waals surface area contributed by atoms with Crippen LogP contribution in [0, 0.1) is 26.7 Å². The minimum Gasteiger partial charge on any atom is -0.481 e. The van der Waals surface area contributed by atoms with Crippen molar-refractivity contribution in [1.82, 2.24) is 19.7 Å². The van der Waals surface area contributed by atoms with E-state index in [0.717, 1.165) is 57.6 Å². The zero-order valence-corrected chi connectivity index (χ0v) is 22.2. The van der Waals surface area contributed by atoms with Crippen LogP contribution in [0.2, 0.25) is 0 Å². The summed E-state index contributed by atoms with van der Waals surface area (Å²) >= 11 is 1.67. The van der Waals surface area contributed by atoms with E-state index in [-0.39, 0.29) is 0 Å². The van der Waals surface area contributed by atoms with Crippen molar-refractivity contribution in [3.63, 3.8) is 0 Å². The molecule has 0 bridgehead atoms. The highest BCUT2D eigenvalue weighted by Crippen LogP contribution is 2.41. The largest absolute Gasteiger partial charge is 0.481 e. The van der Waals surface area contributed by atoms with E-state index < -0.39 is 17.9 Å². The van der Waals surface area contributed by atoms with Crippen LogP contribution >= 0.6 is 11.3 Å². The molecule has 0 spiro atoms. The zero-order chi connectivity index (χ0) is 26.1. The van der Waals surface area contributed by atoms with Gasteiger partial charge in [0.2, 0.25) is 0 Å². The quantitative estimate of drug-likeness (QED) is 0.330. The van der Waals surface area contributed by atoms with Crippen molar-refractivity contribution in [2.45, 2.75) is 46.6 Å². The number of anilines is 1. The van der Waals surface area contributed by atoms with Crippen molar-refractivity contribution in [2.75, 3.05) is 11.9 Å². The summed E-state index contributed by atoms with van der Waals surface area (Å²) in [5.74, 6) is -0.280. The van der Waals surface area contributed by atoms with Crippen LogP contribution in [-0.2, 0) is 11.2 Å². The fourth-order valence-corrected chi connectivity index (χ4v) is 5.99. The van der Waals surface area contributed by atoms with Crippen molar-refractivity contribution < 1.29 is 9.90 Å². The second-order valence-electron chi connectivity index (χ2n) is 9.25. The predicted octanol–water partition coefficient (Wildman–Crippen LogP) is 5.31. The molecule has 3 aromatic heterocycles. The molecule has 0 amide bonds. The third kappa shape index (κ3) is 4.67. The predicted molar refractivity (Wildman–Crippen MR) is 146 cm³/mol. The molecule has 190 valence electrons. The van der Waals surface area contributed by atoms with E-state index in [2.05, 4.69) is 46.5 Å². The van der Waals surface area contributed by atoms with Crippen LogP contribution in [0.4, 0.5) is 5.69 Å². The van der Waals surface area contributed by atoms with Gasteiger partial charge in [0.05, 0.1) is 11.6 Å². The molecule has 5 rings (SSSR count). The van der Waals surface area contributed by atoms with E-state index in [1.165, 1.54) is 4.88 Å². The molecule has 0 fully saturated rings. The number of aromatic nitrogens is 4. The van der Waals surface area contributed by atoms with Crippen LogP contribution in [0.1, 0.15) is 58.3 Å². The molecule has 0 aliphatic carbocycles. The summed E-state index contributed by atoms with van der Waals surface area (Å²) in [5, 5.41) is 23.2. The zero-order valence-electron chi connectivity index (χ0n) is 21.4. The smallest absolute Gasteiger partial charge is 0.309 e. The number of nitrogens with one attached hydrogen (secondary N) is 1. The Labute approximate surface area is 220 Å². The number of nitrogens with zero attached hydrogens (tertiary/aromatic N) is 5. The lowest BCUT2D eigenvalue weighted by Crippen LogP contribution is -2.23. The van der Waals surface area contributed by atoms with E-state index >= 15 is 0 Å². The van der Waals surface area contributed by atoms with Gasteiger partial charge in [0.15, 0.2) is 5.82 Å². The third-order valence-electron chi connectivity index (χ3n) is 6.92. The van der Waals surface area contributed by atoms with Crippen molar-refractivity contribution >= 4 is 28.7 Å². The Morgan fingerprint density at radius 2 is 1.92 bits per heavy atom. The Kier molecular flexibility index (Phi) is 6.88. The van der Waals surface area contributed by atoms with Gasteiger partial charge in [-0.25, -0.2) is 0 Å². The molecule has 0 saturated carbocycles. The Hall–Kier alpha value is -3.85. The van der Waals surface area contributed by atoms with Crippen molar-refractivity contribution in [3.05, 3.63) is 87.6 Å². The van der Waals surface area contributed by atoms with Crippen molar-refractivity contribution in [2.24, 2.45) is 10.9 Å². The second-order valence-corrected chi connectivity index (χ2v) is 10.5.